The van der Waals surface area contributed by atoms with Gasteiger partial charge in [-0.1, -0.05) is 60.7 Å². The molecule has 2 N–H and O–H groups in total. The SMILES string of the molecule is NCCc1c(OCCOc2ccc3ccccc3c2)ccc2ccccc12. The summed E-state index contributed by atoms with van der Waals surface area (Å²) in [6.45, 7) is 1.58. The molecule has 0 saturated carbocycles. The van der Waals surface area contributed by atoms with E-state index in [-0.39, 0.29) is 0 Å². The van der Waals surface area contributed by atoms with Gasteiger partial charge in [-0.15, -0.1) is 0 Å². The number of hydrogen-bond donors (Lipinski definition) is 1. The second-order valence-electron chi connectivity index (χ2n) is 6.51. The Morgan fingerprint density at radius 3 is 2.22 bits per heavy atom. The van der Waals surface area contributed by atoms with Crippen LogP contribution in [-0.2, 0) is 6.42 Å². The molecule has 0 heterocycles. The van der Waals surface area contributed by atoms with Crippen LogP contribution in [0.5, 0.6) is 11.5 Å². The molecule has 0 aromatic heterocycles. The Morgan fingerprint density at radius 2 is 1.37 bits per heavy atom. The van der Waals surface area contributed by atoms with Crippen LogP contribution in [0.25, 0.3) is 21.5 Å². The lowest BCUT2D eigenvalue weighted by Crippen LogP contribution is -2.11. The summed E-state index contributed by atoms with van der Waals surface area (Å²) in [5, 5.41) is 4.80. The molecule has 0 radical (unpaired) electrons. The summed E-state index contributed by atoms with van der Waals surface area (Å²) in [6.07, 6.45) is 0.794. The highest BCUT2D eigenvalue weighted by Crippen LogP contribution is 2.28. The van der Waals surface area contributed by atoms with Crippen LogP contribution >= 0.6 is 0 Å². The van der Waals surface area contributed by atoms with Crippen LogP contribution in [0.3, 0.4) is 0 Å². The zero-order chi connectivity index (χ0) is 18.5. The van der Waals surface area contributed by atoms with Gasteiger partial charge < -0.3 is 15.2 Å². The Hall–Kier alpha value is -3.04. The Kier molecular flexibility index (Phi) is 5.22. The van der Waals surface area contributed by atoms with Crippen LogP contribution in [-0.4, -0.2) is 19.8 Å². The minimum absolute atomic E-state index is 0.489. The summed E-state index contributed by atoms with van der Waals surface area (Å²) >= 11 is 0. The highest BCUT2D eigenvalue weighted by atomic mass is 16.5. The Balaban J connectivity index is 1.43. The normalized spacial score (nSPS) is 11.0. The summed E-state index contributed by atoms with van der Waals surface area (Å²) in [6, 6.07) is 26.9. The average Bonchev–Trinajstić information content (AvgIpc) is 2.72. The number of benzene rings is 4. The molecule has 0 aliphatic heterocycles. The van der Waals surface area contributed by atoms with Crippen molar-refractivity contribution in [2.45, 2.75) is 6.42 Å². The summed E-state index contributed by atoms with van der Waals surface area (Å²) in [4.78, 5) is 0. The van der Waals surface area contributed by atoms with E-state index >= 15 is 0 Å². The Labute approximate surface area is 159 Å². The van der Waals surface area contributed by atoms with Gasteiger partial charge >= 0.3 is 0 Å². The van der Waals surface area contributed by atoms with Gasteiger partial charge in [-0.2, -0.15) is 0 Å². The predicted octanol–water partition coefficient (Wildman–Crippen LogP) is 4.95. The van der Waals surface area contributed by atoms with Crippen LogP contribution in [0, 0.1) is 0 Å². The molecule has 136 valence electrons. The molecule has 0 atom stereocenters. The third kappa shape index (κ3) is 3.88. The van der Waals surface area contributed by atoms with E-state index in [4.69, 9.17) is 15.2 Å². The van der Waals surface area contributed by atoms with E-state index in [9.17, 15) is 0 Å². The van der Waals surface area contributed by atoms with Crippen molar-refractivity contribution in [1.82, 2.24) is 0 Å². The molecular formula is C24H23NO2. The fraction of sp³-hybridized carbons (Fsp3) is 0.167. The lowest BCUT2D eigenvalue weighted by molar-refractivity contribution is 0.216. The van der Waals surface area contributed by atoms with Gasteiger partial charge in [-0.05, 0) is 52.7 Å². The molecule has 4 aromatic rings. The Bertz CT molecular complexity index is 1060. The molecule has 0 fully saturated rings. The zero-order valence-corrected chi connectivity index (χ0v) is 15.2. The van der Waals surface area contributed by atoms with E-state index in [2.05, 4.69) is 48.5 Å². The molecule has 3 heteroatoms. The standard InChI is InChI=1S/C24H23NO2/c25-14-13-23-22-8-4-3-6-19(22)10-12-24(23)27-16-15-26-21-11-9-18-5-1-2-7-20(18)17-21/h1-12,17H,13-16,25H2. The van der Waals surface area contributed by atoms with E-state index < -0.39 is 0 Å². The van der Waals surface area contributed by atoms with Crippen LogP contribution < -0.4 is 15.2 Å². The second kappa shape index (κ2) is 8.11. The highest BCUT2D eigenvalue weighted by Gasteiger charge is 2.08. The number of ether oxygens (including phenoxy) is 2. The second-order valence-corrected chi connectivity index (χ2v) is 6.51. The van der Waals surface area contributed by atoms with Gasteiger partial charge in [0.2, 0.25) is 0 Å². The van der Waals surface area contributed by atoms with Gasteiger partial charge in [0.1, 0.15) is 24.7 Å². The maximum Gasteiger partial charge on any atom is 0.123 e. The number of nitrogens with two attached hydrogens (primary N) is 1. The molecule has 3 nitrogen and oxygen atoms in total. The van der Waals surface area contributed by atoms with Crippen LogP contribution in [0.4, 0.5) is 0 Å². The van der Waals surface area contributed by atoms with E-state index in [0.29, 0.717) is 19.8 Å². The number of fused-ring (bicyclic) bond motifs is 2. The van der Waals surface area contributed by atoms with Crippen molar-refractivity contribution in [3.63, 3.8) is 0 Å². The van der Waals surface area contributed by atoms with Gasteiger partial charge in [0.15, 0.2) is 0 Å². The van der Waals surface area contributed by atoms with Crippen LogP contribution in [0.1, 0.15) is 5.56 Å². The van der Waals surface area contributed by atoms with Gasteiger partial charge in [0.05, 0.1) is 0 Å². The predicted molar refractivity (Wildman–Crippen MR) is 112 cm³/mol. The van der Waals surface area contributed by atoms with Crippen molar-refractivity contribution in [3.8, 4) is 11.5 Å². The van der Waals surface area contributed by atoms with Gasteiger partial charge in [-0.25, -0.2) is 0 Å². The first-order chi connectivity index (χ1) is 13.3. The average molecular weight is 357 g/mol. The van der Waals surface area contributed by atoms with Crippen molar-refractivity contribution in [2.24, 2.45) is 5.73 Å². The van der Waals surface area contributed by atoms with Crippen LogP contribution in [0.15, 0.2) is 78.9 Å². The van der Waals surface area contributed by atoms with Gasteiger partial charge in [0, 0.05) is 5.56 Å². The molecule has 0 aliphatic rings. The summed E-state index contributed by atoms with van der Waals surface area (Å²) in [7, 11) is 0. The summed E-state index contributed by atoms with van der Waals surface area (Å²) in [5.74, 6) is 1.75. The largest absolute Gasteiger partial charge is 0.490 e. The van der Waals surface area contributed by atoms with E-state index in [0.717, 1.165) is 17.9 Å². The minimum Gasteiger partial charge on any atom is -0.490 e. The first-order valence-electron chi connectivity index (χ1n) is 9.30. The van der Waals surface area contributed by atoms with Gasteiger partial charge in [-0.3, -0.25) is 0 Å². The summed E-state index contributed by atoms with van der Waals surface area (Å²) < 4.78 is 11.9. The fourth-order valence-electron chi connectivity index (χ4n) is 3.42. The molecule has 0 amide bonds. The first-order valence-corrected chi connectivity index (χ1v) is 9.30. The lowest BCUT2D eigenvalue weighted by Gasteiger charge is -2.14. The molecule has 27 heavy (non-hydrogen) atoms. The van der Waals surface area contributed by atoms with Crippen molar-refractivity contribution in [2.75, 3.05) is 19.8 Å². The summed E-state index contributed by atoms with van der Waals surface area (Å²) in [5.41, 5.74) is 6.98. The van der Waals surface area contributed by atoms with E-state index in [1.807, 2.05) is 30.3 Å². The smallest absolute Gasteiger partial charge is 0.123 e. The molecule has 0 unspecified atom stereocenters. The lowest BCUT2D eigenvalue weighted by atomic mass is 10.0. The van der Waals surface area contributed by atoms with Crippen molar-refractivity contribution in [3.05, 3.63) is 84.4 Å². The molecule has 0 spiro atoms. The van der Waals surface area contributed by atoms with Crippen molar-refractivity contribution < 1.29 is 9.47 Å². The van der Waals surface area contributed by atoms with E-state index in [1.165, 1.54) is 27.1 Å². The topological polar surface area (TPSA) is 44.5 Å². The quantitative estimate of drug-likeness (QED) is 0.476. The minimum atomic E-state index is 0.489. The van der Waals surface area contributed by atoms with Crippen molar-refractivity contribution >= 4 is 21.5 Å². The van der Waals surface area contributed by atoms with E-state index in [1.54, 1.807) is 0 Å². The fourth-order valence-corrected chi connectivity index (χ4v) is 3.42. The third-order valence-corrected chi connectivity index (χ3v) is 4.72. The number of hydrogen-bond acceptors (Lipinski definition) is 3. The molecule has 0 bridgehead atoms. The third-order valence-electron chi connectivity index (χ3n) is 4.72. The van der Waals surface area contributed by atoms with Crippen molar-refractivity contribution in [1.29, 1.82) is 0 Å². The van der Waals surface area contributed by atoms with Crippen LogP contribution in [0.2, 0.25) is 0 Å². The monoisotopic (exact) mass is 357 g/mol. The maximum atomic E-state index is 6.03. The molecule has 4 rings (SSSR count). The first kappa shape index (κ1) is 17.4. The maximum absolute atomic E-state index is 6.03. The Morgan fingerprint density at radius 1 is 0.667 bits per heavy atom. The molecule has 4 aromatic carbocycles. The molecule has 0 saturated heterocycles. The molecule has 0 aliphatic carbocycles. The highest BCUT2D eigenvalue weighted by molar-refractivity contribution is 5.87. The molecular weight excluding hydrogens is 334 g/mol. The number of rotatable bonds is 7. The van der Waals surface area contributed by atoms with Gasteiger partial charge in [0.25, 0.3) is 0 Å². The zero-order valence-electron chi connectivity index (χ0n) is 15.2.